The number of benzene rings is 2. The zero-order chi connectivity index (χ0) is 14.3. The number of hydrogen-bond acceptors (Lipinski definition) is 5. The third-order valence-corrected chi connectivity index (χ3v) is 3.64. The fraction of sp³-hybridized carbons (Fsp3) is 0. The fourth-order valence-corrected chi connectivity index (χ4v) is 2.68. The summed E-state index contributed by atoms with van der Waals surface area (Å²) in [6, 6.07) is 5.90. The topological polar surface area (TPSA) is 77.0 Å². The highest BCUT2D eigenvalue weighted by molar-refractivity contribution is 9.10. The molecule has 1 aromatic heterocycles. The smallest absolute Gasteiger partial charge is 0.160 e. The highest BCUT2D eigenvalue weighted by Gasteiger charge is 2.13. The van der Waals surface area contributed by atoms with E-state index >= 15 is 0 Å². The Morgan fingerprint density at radius 2 is 2.00 bits per heavy atom. The van der Waals surface area contributed by atoms with Crippen molar-refractivity contribution in [3.8, 4) is 0 Å². The molecular formula is C12H7BrClFN4O. The van der Waals surface area contributed by atoms with Gasteiger partial charge in [-0.3, -0.25) is 0 Å². The Morgan fingerprint density at radius 3 is 2.75 bits per heavy atom. The van der Waals surface area contributed by atoms with Crippen LogP contribution in [0.4, 0.5) is 21.5 Å². The second-order valence-electron chi connectivity index (χ2n) is 4.03. The molecule has 0 aliphatic heterocycles. The zero-order valence-corrected chi connectivity index (χ0v) is 12.2. The Morgan fingerprint density at radius 1 is 1.25 bits per heavy atom. The van der Waals surface area contributed by atoms with E-state index in [4.69, 9.17) is 17.3 Å². The van der Waals surface area contributed by atoms with Crippen LogP contribution >= 0.6 is 27.5 Å². The molecule has 3 N–H and O–H groups in total. The van der Waals surface area contributed by atoms with Gasteiger partial charge in [0.2, 0.25) is 0 Å². The van der Waals surface area contributed by atoms with E-state index in [9.17, 15) is 4.39 Å². The monoisotopic (exact) mass is 356 g/mol. The largest absolute Gasteiger partial charge is 0.397 e. The minimum atomic E-state index is -0.432. The number of hydrogen-bond donors (Lipinski definition) is 2. The van der Waals surface area contributed by atoms with Gasteiger partial charge in [-0.2, -0.15) is 0 Å². The highest BCUT2D eigenvalue weighted by Crippen LogP contribution is 2.36. The van der Waals surface area contributed by atoms with Gasteiger partial charge in [0.05, 0.1) is 22.1 Å². The maximum atomic E-state index is 13.2. The summed E-state index contributed by atoms with van der Waals surface area (Å²) in [6.45, 7) is 0. The Balaban J connectivity index is 2.11. The standard InChI is InChI=1S/C12H7BrClFN4O/c13-6-3-5(15)4-7(14)10(6)17-9-2-1-8(16)11-12(9)19-20-18-11/h1-4,17H,16H2. The first-order valence-electron chi connectivity index (χ1n) is 5.48. The van der Waals surface area contributed by atoms with Gasteiger partial charge in [0, 0.05) is 4.47 Å². The van der Waals surface area contributed by atoms with Gasteiger partial charge in [-0.25, -0.2) is 9.02 Å². The van der Waals surface area contributed by atoms with E-state index in [2.05, 4.69) is 36.2 Å². The van der Waals surface area contributed by atoms with Crippen molar-refractivity contribution in [2.45, 2.75) is 0 Å². The van der Waals surface area contributed by atoms with Crippen molar-refractivity contribution < 1.29 is 9.02 Å². The Hall–Kier alpha value is -1.86. The summed E-state index contributed by atoms with van der Waals surface area (Å²) in [7, 11) is 0. The van der Waals surface area contributed by atoms with Gasteiger partial charge in [0.25, 0.3) is 0 Å². The number of nitrogens with one attached hydrogen (secondary N) is 1. The van der Waals surface area contributed by atoms with Crippen LogP contribution in [0.2, 0.25) is 5.02 Å². The number of rotatable bonds is 2. The summed E-state index contributed by atoms with van der Waals surface area (Å²) >= 11 is 9.28. The van der Waals surface area contributed by atoms with Crippen molar-refractivity contribution in [2.75, 3.05) is 11.1 Å². The van der Waals surface area contributed by atoms with Crippen LogP contribution in [0.5, 0.6) is 0 Å². The van der Waals surface area contributed by atoms with Crippen LogP contribution < -0.4 is 11.1 Å². The molecule has 1 heterocycles. The molecule has 0 amide bonds. The number of nitrogens with zero attached hydrogens (tertiary/aromatic N) is 2. The molecule has 0 aliphatic carbocycles. The van der Waals surface area contributed by atoms with Gasteiger partial charge < -0.3 is 11.1 Å². The number of halogens is 3. The quantitative estimate of drug-likeness (QED) is 0.675. The lowest BCUT2D eigenvalue weighted by Gasteiger charge is -2.11. The molecule has 8 heteroatoms. The Bertz CT molecular complexity index is 784. The molecule has 0 saturated carbocycles. The third kappa shape index (κ3) is 2.19. The summed E-state index contributed by atoms with van der Waals surface area (Å²) in [6.07, 6.45) is 0. The Kier molecular flexibility index (Phi) is 3.23. The number of nitrogens with two attached hydrogens (primary N) is 1. The second-order valence-corrected chi connectivity index (χ2v) is 5.29. The van der Waals surface area contributed by atoms with Gasteiger partial charge in [0.1, 0.15) is 5.82 Å². The molecule has 0 unspecified atom stereocenters. The van der Waals surface area contributed by atoms with Crippen LogP contribution in [-0.2, 0) is 0 Å². The van der Waals surface area contributed by atoms with Crippen LogP contribution in [0.3, 0.4) is 0 Å². The van der Waals surface area contributed by atoms with E-state index in [1.165, 1.54) is 12.1 Å². The first-order chi connectivity index (χ1) is 9.56. The molecule has 5 nitrogen and oxygen atoms in total. The molecule has 0 atom stereocenters. The normalized spacial score (nSPS) is 10.9. The van der Waals surface area contributed by atoms with Crippen LogP contribution in [0.25, 0.3) is 11.0 Å². The zero-order valence-electron chi connectivity index (χ0n) is 9.82. The third-order valence-electron chi connectivity index (χ3n) is 2.71. The molecule has 0 saturated heterocycles. The summed E-state index contributed by atoms with van der Waals surface area (Å²) in [5, 5.41) is 10.8. The average molecular weight is 358 g/mol. The summed E-state index contributed by atoms with van der Waals surface area (Å²) in [5.74, 6) is -0.432. The van der Waals surface area contributed by atoms with Crippen LogP contribution in [0, 0.1) is 5.82 Å². The molecule has 0 bridgehead atoms. The molecule has 20 heavy (non-hydrogen) atoms. The van der Waals surface area contributed by atoms with E-state index in [0.29, 0.717) is 32.6 Å². The van der Waals surface area contributed by atoms with Gasteiger partial charge in [-0.15, -0.1) is 0 Å². The Labute approximate surface area is 126 Å². The first kappa shape index (κ1) is 13.1. The summed E-state index contributed by atoms with van der Waals surface area (Å²) in [5.41, 5.74) is 8.26. The van der Waals surface area contributed by atoms with Crippen molar-refractivity contribution in [1.82, 2.24) is 10.3 Å². The minimum Gasteiger partial charge on any atom is -0.397 e. The number of nitrogen functional groups attached to an aromatic ring is 1. The fourth-order valence-electron chi connectivity index (χ4n) is 1.78. The predicted molar refractivity (Wildman–Crippen MR) is 78.6 cm³/mol. The molecule has 0 radical (unpaired) electrons. The van der Waals surface area contributed by atoms with Crippen molar-refractivity contribution in [1.29, 1.82) is 0 Å². The SMILES string of the molecule is Nc1ccc(Nc2c(Cl)cc(F)cc2Br)c2nonc12. The van der Waals surface area contributed by atoms with Crippen LogP contribution in [0.1, 0.15) is 0 Å². The lowest BCUT2D eigenvalue weighted by Crippen LogP contribution is -1.96. The molecule has 0 aliphatic rings. The van der Waals surface area contributed by atoms with Crippen molar-refractivity contribution in [3.63, 3.8) is 0 Å². The van der Waals surface area contributed by atoms with Crippen molar-refractivity contribution in [3.05, 3.63) is 39.6 Å². The van der Waals surface area contributed by atoms with E-state index in [1.54, 1.807) is 12.1 Å². The van der Waals surface area contributed by atoms with Crippen molar-refractivity contribution in [2.24, 2.45) is 0 Å². The summed E-state index contributed by atoms with van der Waals surface area (Å²) < 4.78 is 18.4. The van der Waals surface area contributed by atoms with Crippen LogP contribution in [-0.4, -0.2) is 10.3 Å². The van der Waals surface area contributed by atoms with Crippen LogP contribution in [0.15, 0.2) is 33.4 Å². The van der Waals surface area contributed by atoms with Gasteiger partial charge in [0.15, 0.2) is 11.0 Å². The average Bonchev–Trinajstić information content (AvgIpc) is 2.86. The highest BCUT2D eigenvalue weighted by atomic mass is 79.9. The summed E-state index contributed by atoms with van der Waals surface area (Å²) in [4.78, 5) is 0. The second kappa shape index (κ2) is 4.92. The molecule has 0 fully saturated rings. The first-order valence-corrected chi connectivity index (χ1v) is 6.65. The van der Waals surface area contributed by atoms with Gasteiger partial charge in [-0.1, -0.05) is 11.6 Å². The molecule has 2 aromatic carbocycles. The molecule has 102 valence electrons. The van der Waals surface area contributed by atoms with E-state index in [-0.39, 0.29) is 5.02 Å². The van der Waals surface area contributed by atoms with Gasteiger partial charge in [-0.05, 0) is 50.5 Å². The number of fused-ring (bicyclic) bond motifs is 1. The van der Waals surface area contributed by atoms with Crippen molar-refractivity contribution >= 4 is 55.6 Å². The maximum absolute atomic E-state index is 13.2. The van der Waals surface area contributed by atoms with Gasteiger partial charge >= 0.3 is 0 Å². The number of anilines is 3. The van der Waals surface area contributed by atoms with E-state index < -0.39 is 5.82 Å². The van der Waals surface area contributed by atoms with E-state index in [1.807, 2.05) is 0 Å². The molecule has 3 rings (SSSR count). The molecule has 3 aromatic rings. The molecular weight excluding hydrogens is 351 g/mol. The molecule has 0 spiro atoms. The lowest BCUT2D eigenvalue weighted by atomic mass is 10.2. The lowest BCUT2D eigenvalue weighted by molar-refractivity contribution is 0.316. The number of aromatic nitrogens is 2. The maximum Gasteiger partial charge on any atom is 0.160 e. The van der Waals surface area contributed by atoms with E-state index in [0.717, 1.165) is 0 Å². The minimum absolute atomic E-state index is 0.235. The predicted octanol–water partition coefficient (Wildman–Crippen LogP) is 4.10.